The summed E-state index contributed by atoms with van der Waals surface area (Å²) in [4.78, 5) is 2.59. The number of hydrogen-bond donors (Lipinski definition) is 0. The van der Waals surface area contributed by atoms with Crippen molar-refractivity contribution >= 4 is 0 Å². The van der Waals surface area contributed by atoms with Gasteiger partial charge in [0.15, 0.2) is 0 Å². The summed E-state index contributed by atoms with van der Waals surface area (Å²) in [5.74, 6) is 0. The number of likely N-dealkylation sites (tertiary alicyclic amines) is 1. The number of benzene rings is 1. The number of hydrogen-bond acceptors (Lipinski definition) is 1. The van der Waals surface area contributed by atoms with Crippen LogP contribution in [0.3, 0.4) is 0 Å². The molecule has 1 aromatic carbocycles. The molecule has 2 rings (SSSR count). The fourth-order valence-corrected chi connectivity index (χ4v) is 2.27. The largest absolute Gasteiger partial charge is 0.303 e. The van der Waals surface area contributed by atoms with Crippen LogP contribution in [0.15, 0.2) is 24.3 Å². The molecule has 15 heavy (non-hydrogen) atoms. The SMILES string of the molecule is Cc1ccc(CCCN2CCCC2)cc1. The summed E-state index contributed by atoms with van der Waals surface area (Å²) in [7, 11) is 0. The van der Waals surface area contributed by atoms with Gasteiger partial charge in [0, 0.05) is 0 Å². The van der Waals surface area contributed by atoms with Crippen LogP contribution in [0.4, 0.5) is 0 Å². The lowest BCUT2D eigenvalue weighted by atomic mass is 10.1. The zero-order chi connectivity index (χ0) is 10.5. The highest BCUT2D eigenvalue weighted by Crippen LogP contribution is 2.10. The molecule has 1 nitrogen and oxygen atoms in total. The first-order valence-corrected chi connectivity index (χ1v) is 6.12. The molecule has 0 N–H and O–H groups in total. The quantitative estimate of drug-likeness (QED) is 0.727. The van der Waals surface area contributed by atoms with Crippen LogP contribution in [-0.4, -0.2) is 24.5 Å². The van der Waals surface area contributed by atoms with Crippen molar-refractivity contribution < 1.29 is 0 Å². The highest BCUT2D eigenvalue weighted by atomic mass is 15.1. The summed E-state index contributed by atoms with van der Waals surface area (Å²) in [6.45, 7) is 6.09. The first-order valence-electron chi connectivity index (χ1n) is 6.12. The molecule has 0 atom stereocenters. The van der Waals surface area contributed by atoms with Gasteiger partial charge < -0.3 is 4.90 Å². The molecule has 0 spiro atoms. The minimum Gasteiger partial charge on any atom is -0.303 e. The first-order chi connectivity index (χ1) is 7.34. The summed E-state index contributed by atoms with van der Waals surface area (Å²) < 4.78 is 0. The van der Waals surface area contributed by atoms with Crippen LogP contribution in [0, 0.1) is 6.92 Å². The zero-order valence-electron chi connectivity index (χ0n) is 9.71. The van der Waals surface area contributed by atoms with Crippen LogP contribution in [0.25, 0.3) is 0 Å². The fourth-order valence-electron chi connectivity index (χ4n) is 2.27. The maximum atomic E-state index is 2.59. The molecule has 1 saturated heterocycles. The second-order valence-electron chi connectivity index (χ2n) is 4.64. The lowest BCUT2D eigenvalue weighted by molar-refractivity contribution is 0.334. The lowest BCUT2D eigenvalue weighted by Gasteiger charge is -2.13. The third-order valence-electron chi connectivity index (χ3n) is 3.26. The van der Waals surface area contributed by atoms with E-state index in [1.807, 2.05) is 0 Å². The van der Waals surface area contributed by atoms with E-state index in [1.165, 1.54) is 56.4 Å². The second kappa shape index (κ2) is 5.32. The Morgan fingerprint density at radius 3 is 2.40 bits per heavy atom. The molecular weight excluding hydrogens is 182 g/mol. The highest BCUT2D eigenvalue weighted by Gasteiger charge is 2.09. The van der Waals surface area contributed by atoms with Gasteiger partial charge in [0.1, 0.15) is 0 Å². The predicted octanol–water partition coefficient (Wildman–Crippen LogP) is 3.02. The van der Waals surface area contributed by atoms with E-state index in [0.29, 0.717) is 0 Å². The Labute approximate surface area is 93.1 Å². The summed E-state index contributed by atoms with van der Waals surface area (Å²) in [6.07, 6.45) is 5.36. The molecule has 0 saturated carbocycles. The molecule has 0 amide bonds. The molecule has 1 heterocycles. The molecule has 1 aliphatic rings. The van der Waals surface area contributed by atoms with Crippen LogP contribution in [-0.2, 0) is 6.42 Å². The van der Waals surface area contributed by atoms with Gasteiger partial charge in [-0.1, -0.05) is 29.8 Å². The maximum absolute atomic E-state index is 2.59. The average molecular weight is 203 g/mol. The third-order valence-corrected chi connectivity index (χ3v) is 3.26. The van der Waals surface area contributed by atoms with Crippen LogP contribution < -0.4 is 0 Å². The summed E-state index contributed by atoms with van der Waals surface area (Å²) in [5.41, 5.74) is 2.85. The van der Waals surface area contributed by atoms with E-state index in [9.17, 15) is 0 Å². The molecule has 0 unspecified atom stereocenters. The highest BCUT2D eigenvalue weighted by molar-refractivity contribution is 5.21. The van der Waals surface area contributed by atoms with E-state index in [4.69, 9.17) is 0 Å². The van der Waals surface area contributed by atoms with E-state index >= 15 is 0 Å². The number of rotatable bonds is 4. The Hall–Kier alpha value is -0.820. The van der Waals surface area contributed by atoms with E-state index in [0.717, 1.165) is 0 Å². The molecular formula is C14H21N. The van der Waals surface area contributed by atoms with Gasteiger partial charge in [0.05, 0.1) is 0 Å². The van der Waals surface area contributed by atoms with Crippen molar-refractivity contribution in [2.45, 2.75) is 32.6 Å². The summed E-state index contributed by atoms with van der Waals surface area (Å²) in [6, 6.07) is 8.95. The van der Waals surface area contributed by atoms with E-state index in [2.05, 4.69) is 36.1 Å². The third kappa shape index (κ3) is 3.35. The van der Waals surface area contributed by atoms with Crippen molar-refractivity contribution in [3.63, 3.8) is 0 Å². The first kappa shape index (κ1) is 10.7. The molecule has 0 aromatic heterocycles. The van der Waals surface area contributed by atoms with E-state index in [-0.39, 0.29) is 0 Å². The minimum atomic E-state index is 1.23. The Balaban J connectivity index is 1.71. The van der Waals surface area contributed by atoms with Crippen molar-refractivity contribution in [2.75, 3.05) is 19.6 Å². The second-order valence-corrected chi connectivity index (χ2v) is 4.64. The van der Waals surface area contributed by atoms with Crippen LogP contribution in [0.5, 0.6) is 0 Å². The van der Waals surface area contributed by atoms with Crippen LogP contribution in [0.1, 0.15) is 30.4 Å². The van der Waals surface area contributed by atoms with Gasteiger partial charge >= 0.3 is 0 Å². The molecule has 0 radical (unpaired) electrons. The Morgan fingerprint density at radius 2 is 1.73 bits per heavy atom. The van der Waals surface area contributed by atoms with Crippen molar-refractivity contribution in [1.29, 1.82) is 0 Å². The zero-order valence-corrected chi connectivity index (χ0v) is 9.71. The predicted molar refractivity (Wildman–Crippen MR) is 65.2 cm³/mol. The summed E-state index contributed by atoms with van der Waals surface area (Å²) >= 11 is 0. The standard InChI is InChI=1S/C14H21N/c1-13-6-8-14(9-7-13)5-4-12-15-10-2-3-11-15/h6-9H,2-5,10-12H2,1H3. The molecule has 0 aliphatic carbocycles. The number of aryl methyl sites for hydroxylation is 2. The Bertz CT molecular complexity index is 283. The molecule has 1 aliphatic heterocycles. The smallest absolute Gasteiger partial charge is 0.00156 e. The molecule has 82 valence electrons. The molecule has 0 bridgehead atoms. The van der Waals surface area contributed by atoms with Gasteiger partial charge in [-0.25, -0.2) is 0 Å². The van der Waals surface area contributed by atoms with Crippen molar-refractivity contribution in [2.24, 2.45) is 0 Å². The molecule has 1 heteroatoms. The van der Waals surface area contributed by atoms with Crippen LogP contribution >= 0.6 is 0 Å². The average Bonchev–Trinajstić information content (AvgIpc) is 2.74. The fraction of sp³-hybridized carbons (Fsp3) is 0.571. The normalized spacial score (nSPS) is 17.1. The van der Waals surface area contributed by atoms with Gasteiger partial charge in [-0.2, -0.15) is 0 Å². The Morgan fingerprint density at radius 1 is 1.07 bits per heavy atom. The lowest BCUT2D eigenvalue weighted by Crippen LogP contribution is -2.20. The number of nitrogens with zero attached hydrogens (tertiary/aromatic N) is 1. The van der Waals surface area contributed by atoms with Gasteiger partial charge in [-0.05, 0) is 57.8 Å². The summed E-state index contributed by atoms with van der Waals surface area (Å²) in [5, 5.41) is 0. The van der Waals surface area contributed by atoms with Gasteiger partial charge in [-0.15, -0.1) is 0 Å². The monoisotopic (exact) mass is 203 g/mol. The van der Waals surface area contributed by atoms with Crippen LogP contribution in [0.2, 0.25) is 0 Å². The van der Waals surface area contributed by atoms with Crippen molar-refractivity contribution in [3.8, 4) is 0 Å². The minimum absolute atomic E-state index is 1.23. The van der Waals surface area contributed by atoms with Crippen molar-refractivity contribution in [1.82, 2.24) is 4.90 Å². The maximum Gasteiger partial charge on any atom is -0.00156 e. The van der Waals surface area contributed by atoms with Crippen molar-refractivity contribution in [3.05, 3.63) is 35.4 Å². The van der Waals surface area contributed by atoms with Gasteiger partial charge in [0.2, 0.25) is 0 Å². The molecule has 1 aromatic rings. The van der Waals surface area contributed by atoms with Gasteiger partial charge in [-0.3, -0.25) is 0 Å². The van der Waals surface area contributed by atoms with E-state index in [1.54, 1.807) is 0 Å². The Kier molecular flexibility index (Phi) is 3.79. The van der Waals surface area contributed by atoms with E-state index < -0.39 is 0 Å². The topological polar surface area (TPSA) is 3.24 Å². The molecule has 1 fully saturated rings. The van der Waals surface area contributed by atoms with Gasteiger partial charge in [0.25, 0.3) is 0 Å².